The largest absolute Gasteiger partial charge is 0.490 e. The lowest BCUT2D eigenvalue weighted by Gasteiger charge is -2.12. The molecule has 1 radical (unpaired) electrons. The molecule has 13 heavy (non-hydrogen) atoms. The van der Waals surface area contributed by atoms with Crippen molar-refractivity contribution in [2.24, 2.45) is 5.16 Å². The molecule has 0 aromatic rings. The minimum absolute atomic E-state index is 0.0917. The van der Waals surface area contributed by atoms with Crippen molar-refractivity contribution in [3.05, 3.63) is 11.2 Å². The highest BCUT2D eigenvalue weighted by Gasteiger charge is 2.12. The van der Waals surface area contributed by atoms with Crippen LogP contribution in [0.2, 0.25) is 0 Å². The number of rotatable bonds is 4. The van der Waals surface area contributed by atoms with Crippen molar-refractivity contribution < 1.29 is 14.4 Å². The molecule has 0 aliphatic carbocycles. The molecule has 0 saturated heterocycles. The summed E-state index contributed by atoms with van der Waals surface area (Å²) in [7, 11) is 0. The van der Waals surface area contributed by atoms with Crippen molar-refractivity contribution in [1.82, 2.24) is 0 Å². The minimum Gasteiger partial charge on any atom is -0.490 e. The van der Waals surface area contributed by atoms with Gasteiger partial charge in [-0.15, -0.1) is 11.8 Å². The predicted molar refractivity (Wildman–Crippen MR) is 51.2 cm³/mol. The van der Waals surface area contributed by atoms with Gasteiger partial charge in [0.25, 0.3) is 6.29 Å². The van der Waals surface area contributed by atoms with Crippen molar-refractivity contribution in [1.29, 1.82) is 0 Å². The smallest absolute Gasteiger partial charge is 0.261 e. The van der Waals surface area contributed by atoms with Gasteiger partial charge in [-0.25, -0.2) is 0 Å². The highest BCUT2D eigenvalue weighted by atomic mass is 32.2. The summed E-state index contributed by atoms with van der Waals surface area (Å²) < 4.78 is 5.20. The van der Waals surface area contributed by atoms with Crippen LogP contribution in [-0.4, -0.2) is 31.0 Å². The molecular formula is C8H10NO3S. The zero-order valence-electron chi connectivity index (χ0n) is 7.28. The molecule has 1 aliphatic heterocycles. The number of carbonyl (C=O) groups excluding carboxylic acids is 1. The number of oxime groups is 1. The van der Waals surface area contributed by atoms with Crippen LogP contribution in [0.25, 0.3) is 0 Å². The third-order valence-corrected chi connectivity index (χ3v) is 2.05. The van der Waals surface area contributed by atoms with Crippen molar-refractivity contribution >= 4 is 23.8 Å². The van der Waals surface area contributed by atoms with Gasteiger partial charge in [0.2, 0.25) is 0 Å². The Hall–Kier alpha value is -0.970. The third kappa shape index (κ3) is 3.10. The molecule has 1 rings (SSSR count). The van der Waals surface area contributed by atoms with E-state index in [-0.39, 0.29) is 5.71 Å². The highest BCUT2D eigenvalue weighted by Crippen LogP contribution is 2.15. The first-order valence-electron chi connectivity index (χ1n) is 3.91. The van der Waals surface area contributed by atoms with Crippen LogP contribution in [0.15, 0.2) is 16.3 Å². The van der Waals surface area contributed by atoms with Gasteiger partial charge < -0.3 is 9.57 Å². The molecule has 0 amide bonds. The lowest BCUT2D eigenvalue weighted by molar-refractivity contribution is 0.157. The van der Waals surface area contributed by atoms with Crippen molar-refractivity contribution in [3.8, 4) is 0 Å². The average Bonchev–Trinajstić information content (AvgIpc) is 2.21. The van der Waals surface area contributed by atoms with E-state index in [4.69, 9.17) is 9.57 Å². The van der Waals surface area contributed by atoms with Gasteiger partial charge in [-0.3, -0.25) is 4.79 Å². The molecule has 4 nitrogen and oxygen atoms in total. The molecule has 0 aromatic carbocycles. The summed E-state index contributed by atoms with van der Waals surface area (Å²) in [5.41, 5.74) is 0.0917. The summed E-state index contributed by atoms with van der Waals surface area (Å²) in [6.07, 6.45) is 1.67. The second-order valence-electron chi connectivity index (χ2n) is 2.16. The second kappa shape index (κ2) is 5.64. The maximum Gasteiger partial charge on any atom is 0.261 e. The van der Waals surface area contributed by atoms with Crippen molar-refractivity contribution in [2.45, 2.75) is 6.92 Å². The van der Waals surface area contributed by atoms with Crippen molar-refractivity contribution in [2.75, 3.05) is 19.0 Å². The monoisotopic (exact) mass is 200 g/mol. The van der Waals surface area contributed by atoms with Gasteiger partial charge in [0.1, 0.15) is 6.61 Å². The van der Waals surface area contributed by atoms with E-state index in [0.29, 0.717) is 19.0 Å². The van der Waals surface area contributed by atoms with Crippen LogP contribution in [0.4, 0.5) is 0 Å². The fourth-order valence-corrected chi connectivity index (χ4v) is 1.36. The molecule has 0 bridgehead atoms. The molecular weight excluding hydrogens is 190 g/mol. The molecule has 0 N–H and O–H groups in total. The first kappa shape index (κ1) is 10.1. The lowest BCUT2D eigenvalue weighted by atomic mass is 10.3. The predicted octanol–water partition coefficient (Wildman–Crippen LogP) is 1.09. The SMILES string of the molecule is CCO/N=C(\[C]=O)C1=CSCCO1. The summed E-state index contributed by atoms with van der Waals surface area (Å²) in [6, 6.07) is 0. The van der Waals surface area contributed by atoms with E-state index < -0.39 is 0 Å². The Morgan fingerprint density at radius 3 is 3.31 bits per heavy atom. The molecule has 0 atom stereocenters. The molecule has 1 heterocycles. The molecule has 1 aliphatic rings. The second-order valence-corrected chi connectivity index (χ2v) is 3.14. The molecule has 0 spiro atoms. The Balaban J connectivity index is 2.64. The van der Waals surface area contributed by atoms with Crippen LogP contribution in [0.1, 0.15) is 6.92 Å². The third-order valence-electron chi connectivity index (χ3n) is 1.26. The summed E-state index contributed by atoms with van der Waals surface area (Å²) >= 11 is 1.58. The number of ether oxygens (including phenoxy) is 1. The number of allylic oxidation sites excluding steroid dienone is 1. The first-order chi connectivity index (χ1) is 6.38. The van der Waals surface area contributed by atoms with Crippen LogP contribution >= 0.6 is 11.8 Å². The van der Waals surface area contributed by atoms with Gasteiger partial charge in [0.15, 0.2) is 11.5 Å². The van der Waals surface area contributed by atoms with Gasteiger partial charge in [-0.05, 0) is 6.92 Å². The van der Waals surface area contributed by atoms with Crippen LogP contribution < -0.4 is 0 Å². The van der Waals surface area contributed by atoms with E-state index in [1.807, 2.05) is 0 Å². The lowest BCUT2D eigenvalue weighted by Crippen LogP contribution is -2.13. The average molecular weight is 200 g/mol. The fraction of sp³-hybridized carbons (Fsp3) is 0.500. The molecule has 71 valence electrons. The van der Waals surface area contributed by atoms with Crippen LogP contribution in [0, 0.1) is 0 Å². The summed E-state index contributed by atoms with van der Waals surface area (Å²) in [6.45, 7) is 2.80. The van der Waals surface area contributed by atoms with E-state index in [0.717, 1.165) is 5.75 Å². The number of nitrogens with zero attached hydrogens (tertiary/aromatic N) is 1. The van der Waals surface area contributed by atoms with Gasteiger partial charge in [-0.2, -0.15) is 0 Å². The number of thioether (sulfide) groups is 1. The standard InChI is InChI=1S/C8H10NO3S/c1-2-12-9-7(5-10)8-6-13-4-3-11-8/h6H,2-4H2,1H3/b9-7+. The molecule has 0 saturated carbocycles. The Morgan fingerprint density at radius 2 is 2.77 bits per heavy atom. The van der Waals surface area contributed by atoms with Crippen LogP contribution in [0.5, 0.6) is 0 Å². The summed E-state index contributed by atoms with van der Waals surface area (Å²) in [5, 5.41) is 5.31. The zero-order valence-corrected chi connectivity index (χ0v) is 8.10. The van der Waals surface area contributed by atoms with E-state index >= 15 is 0 Å². The molecule has 0 aromatic heterocycles. The van der Waals surface area contributed by atoms with Gasteiger partial charge in [0.05, 0.1) is 6.61 Å². The van der Waals surface area contributed by atoms with Crippen LogP contribution in [0.3, 0.4) is 0 Å². The molecule has 0 unspecified atom stereocenters. The normalized spacial score (nSPS) is 17.3. The topological polar surface area (TPSA) is 47.9 Å². The Morgan fingerprint density at radius 1 is 1.92 bits per heavy atom. The maximum atomic E-state index is 10.4. The highest BCUT2D eigenvalue weighted by molar-refractivity contribution is 8.02. The summed E-state index contributed by atoms with van der Waals surface area (Å²) in [4.78, 5) is 15.2. The van der Waals surface area contributed by atoms with Gasteiger partial charge in [0, 0.05) is 11.2 Å². The first-order valence-corrected chi connectivity index (χ1v) is 4.96. The maximum absolute atomic E-state index is 10.4. The minimum atomic E-state index is 0.0917. The molecule has 5 heteroatoms. The fourth-order valence-electron chi connectivity index (χ4n) is 0.736. The number of hydrogen-bond acceptors (Lipinski definition) is 5. The Bertz CT molecular complexity index is 238. The quantitative estimate of drug-likeness (QED) is 0.503. The van der Waals surface area contributed by atoms with E-state index in [1.165, 1.54) is 0 Å². The molecule has 0 fully saturated rings. The van der Waals surface area contributed by atoms with E-state index in [9.17, 15) is 4.79 Å². The van der Waals surface area contributed by atoms with Gasteiger partial charge >= 0.3 is 0 Å². The van der Waals surface area contributed by atoms with E-state index in [1.54, 1.807) is 30.4 Å². The van der Waals surface area contributed by atoms with E-state index in [2.05, 4.69) is 5.16 Å². The van der Waals surface area contributed by atoms with Crippen molar-refractivity contribution in [3.63, 3.8) is 0 Å². The number of hydrogen-bond donors (Lipinski definition) is 0. The van der Waals surface area contributed by atoms with Crippen LogP contribution in [-0.2, 0) is 14.4 Å². The Labute approximate surface area is 81.0 Å². The zero-order chi connectivity index (χ0) is 9.52. The summed E-state index contributed by atoms with van der Waals surface area (Å²) in [5.74, 6) is 1.34. The Kier molecular flexibility index (Phi) is 4.39. The van der Waals surface area contributed by atoms with Gasteiger partial charge in [-0.1, -0.05) is 5.16 Å².